The lowest BCUT2D eigenvalue weighted by Crippen LogP contribution is -2.33. The monoisotopic (exact) mass is 258 g/mol. The number of hydrazone groups is 1. The van der Waals surface area contributed by atoms with Crippen LogP contribution >= 0.6 is 0 Å². The van der Waals surface area contributed by atoms with Crippen molar-refractivity contribution in [1.29, 1.82) is 0 Å². The molecule has 3 rings (SSSR count). The van der Waals surface area contributed by atoms with E-state index in [1.807, 2.05) is 25.1 Å². The molecule has 1 aromatic carbocycles. The van der Waals surface area contributed by atoms with Crippen LogP contribution < -0.4 is 11.1 Å². The second-order valence-electron chi connectivity index (χ2n) is 4.68. The number of rotatable bonds is 2. The van der Waals surface area contributed by atoms with E-state index in [-0.39, 0.29) is 17.5 Å². The molecular formula is C13H14N4O2. The van der Waals surface area contributed by atoms with E-state index in [0.29, 0.717) is 6.42 Å². The molecule has 1 aliphatic rings. The molecule has 3 N–H and O–H groups in total. The number of H-pyrrole nitrogens is 2. The first-order chi connectivity index (χ1) is 9.17. The first-order valence-corrected chi connectivity index (χ1v) is 6.26. The van der Waals surface area contributed by atoms with Crippen LogP contribution in [0.15, 0.2) is 28.1 Å². The molecule has 1 aliphatic heterocycles. The summed E-state index contributed by atoms with van der Waals surface area (Å²) in [6, 6.07) is 5.63. The third-order valence-corrected chi connectivity index (χ3v) is 3.42. The maximum absolute atomic E-state index is 11.4. The average Bonchev–Trinajstić information content (AvgIpc) is 2.77. The van der Waals surface area contributed by atoms with Crippen molar-refractivity contribution < 1.29 is 4.79 Å². The standard InChI is InChI=1S/C13H14N4O2/c1-2-7-6-11(18)16-17-12(7)8-3-4-9-10(5-8)15-13(19)14-9/h3-5,7H,2,6H2,1H3,(H,16,18)(H2,14,15,19). The highest BCUT2D eigenvalue weighted by molar-refractivity contribution is 6.07. The largest absolute Gasteiger partial charge is 0.323 e. The molecule has 1 atom stereocenters. The number of amides is 1. The Bertz CT molecular complexity index is 726. The van der Waals surface area contributed by atoms with E-state index in [0.717, 1.165) is 28.7 Å². The summed E-state index contributed by atoms with van der Waals surface area (Å²) in [5, 5.41) is 4.16. The molecule has 1 amide bonds. The van der Waals surface area contributed by atoms with Gasteiger partial charge in [-0.2, -0.15) is 5.10 Å². The summed E-state index contributed by atoms with van der Waals surface area (Å²) in [5.41, 5.74) is 5.60. The molecule has 19 heavy (non-hydrogen) atoms. The van der Waals surface area contributed by atoms with Crippen molar-refractivity contribution in [3.05, 3.63) is 34.2 Å². The Morgan fingerprint density at radius 1 is 1.26 bits per heavy atom. The fourth-order valence-electron chi connectivity index (χ4n) is 2.41. The second-order valence-corrected chi connectivity index (χ2v) is 4.68. The molecule has 0 saturated carbocycles. The Balaban J connectivity index is 2.07. The summed E-state index contributed by atoms with van der Waals surface area (Å²) in [7, 11) is 0. The summed E-state index contributed by atoms with van der Waals surface area (Å²) < 4.78 is 0. The molecule has 0 radical (unpaired) electrons. The van der Waals surface area contributed by atoms with E-state index in [9.17, 15) is 9.59 Å². The second kappa shape index (κ2) is 4.38. The van der Waals surface area contributed by atoms with Gasteiger partial charge >= 0.3 is 5.69 Å². The molecule has 0 spiro atoms. The van der Waals surface area contributed by atoms with Gasteiger partial charge in [0.2, 0.25) is 5.91 Å². The van der Waals surface area contributed by atoms with Gasteiger partial charge in [0.1, 0.15) is 0 Å². The smallest absolute Gasteiger partial charge is 0.306 e. The topological polar surface area (TPSA) is 90.1 Å². The van der Waals surface area contributed by atoms with Crippen LogP contribution in [0.3, 0.4) is 0 Å². The van der Waals surface area contributed by atoms with E-state index in [1.165, 1.54) is 0 Å². The van der Waals surface area contributed by atoms with Crippen molar-refractivity contribution in [2.24, 2.45) is 11.0 Å². The van der Waals surface area contributed by atoms with Gasteiger partial charge in [0.15, 0.2) is 0 Å². The number of nitrogens with one attached hydrogen (secondary N) is 3. The minimum absolute atomic E-state index is 0.0493. The summed E-state index contributed by atoms with van der Waals surface area (Å²) in [4.78, 5) is 28.0. The molecule has 98 valence electrons. The van der Waals surface area contributed by atoms with Crippen LogP contribution in [-0.2, 0) is 4.79 Å². The van der Waals surface area contributed by atoms with E-state index in [2.05, 4.69) is 20.5 Å². The molecule has 0 fully saturated rings. The number of benzene rings is 1. The zero-order valence-corrected chi connectivity index (χ0v) is 10.5. The maximum atomic E-state index is 11.4. The Morgan fingerprint density at radius 3 is 2.84 bits per heavy atom. The highest BCUT2D eigenvalue weighted by Gasteiger charge is 2.24. The van der Waals surface area contributed by atoms with Crippen molar-refractivity contribution in [3.63, 3.8) is 0 Å². The van der Waals surface area contributed by atoms with Gasteiger partial charge in [-0.15, -0.1) is 0 Å². The molecule has 2 aromatic rings. The Morgan fingerprint density at radius 2 is 2.05 bits per heavy atom. The van der Waals surface area contributed by atoms with Crippen molar-refractivity contribution in [3.8, 4) is 0 Å². The number of hydrogen-bond acceptors (Lipinski definition) is 3. The quantitative estimate of drug-likeness (QED) is 0.753. The third-order valence-electron chi connectivity index (χ3n) is 3.42. The number of hydrogen-bond donors (Lipinski definition) is 3. The summed E-state index contributed by atoms with van der Waals surface area (Å²) in [6.45, 7) is 2.04. The van der Waals surface area contributed by atoms with Crippen molar-refractivity contribution in [1.82, 2.24) is 15.4 Å². The van der Waals surface area contributed by atoms with Crippen LogP contribution in [0.2, 0.25) is 0 Å². The molecule has 6 heteroatoms. The molecule has 0 saturated heterocycles. The van der Waals surface area contributed by atoms with Gasteiger partial charge in [-0.25, -0.2) is 10.2 Å². The number of imidazole rings is 1. The Kier molecular flexibility index (Phi) is 2.70. The van der Waals surface area contributed by atoms with Gasteiger partial charge in [0.05, 0.1) is 16.7 Å². The maximum Gasteiger partial charge on any atom is 0.323 e. The first-order valence-electron chi connectivity index (χ1n) is 6.26. The minimum Gasteiger partial charge on any atom is -0.306 e. The molecule has 1 aromatic heterocycles. The fourth-order valence-corrected chi connectivity index (χ4v) is 2.41. The Hall–Kier alpha value is -2.37. The zero-order chi connectivity index (χ0) is 13.4. The van der Waals surface area contributed by atoms with Crippen LogP contribution in [0.5, 0.6) is 0 Å². The van der Waals surface area contributed by atoms with Crippen LogP contribution in [0.1, 0.15) is 25.3 Å². The van der Waals surface area contributed by atoms with Crippen LogP contribution in [0, 0.1) is 5.92 Å². The van der Waals surface area contributed by atoms with Gasteiger partial charge in [-0.3, -0.25) is 4.79 Å². The van der Waals surface area contributed by atoms with Gasteiger partial charge < -0.3 is 9.97 Å². The highest BCUT2D eigenvalue weighted by Crippen LogP contribution is 2.21. The zero-order valence-electron chi connectivity index (χ0n) is 10.5. The summed E-state index contributed by atoms with van der Waals surface area (Å²) >= 11 is 0. The minimum atomic E-state index is -0.224. The predicted molar refractivity (Wildman–Crippen MR) is 72.0 cm³/mol. The molecule has 0 aliphatic carbocycles. The first kappa shape index (κ1) is 11.7. The normalized spacial score (nSPS) is 19.3. The van der Waals surface area contributed by atoms with Crippen LogP contribution in [0.25, 0.3) is 11.0 Å². The number of carbonyl (C=O) groups excluding carboxylic acids is 1. The number of carbonyl (C=O) groups is 1. The Labute approximate surface area is 108 Å². The SMILES string of the molecule is CCC1CC(=O)NN=C1c1ccc2[nH]c(=O)[nH]c2c1. The van der Waals surface area contributed by atoms with E-state index < -0.39 is 0 Å². The van der Waals surface area contributed by atoms with E-state index in [4.69, 9.17) is 0 Å². The van der Waals surface area contributed by atoms with Crippen LogP contribution in [-0.4, -0.2) is 21.6 Å². The highest BCUT2D eigenvalue weighted by atomic mass is 16.2. The van der Waals surface area contributed by atoms with E-state index >= 15 is 0 Å². The van der Waals surface area contributed by atoms with Gasteiger partial charge in [-0.1, -0.05) is 13.0 Å². The molecular weight excluding hydrogens is 244 g/mol. The van der Waals surface area contributed by atoms with E-state index in [1.54, 1.807) is 0 Å². The van der Waals surface area contributed by atoms with Gasteiger partial charge in [-0.05, 0) is 18.6 Å². The van der Waals surface area contributed by atoms with Gasteiger partial charge in [0.25, 0.3) is 0 Å². The lowest BCUT2D eigenvalue weighted by molar-refractivity contribution is -0.122. The lowest BCUT2D eigenvalue weighted by atomic mass is 9.90. The van der Waals surface area contributed by atoms with Crippen molar-refractivity contribution in [2.45, 2.75) is 19.8 Å². The van der Waals surface area contributed by atoms with Gasteiger partial charge in [0, 0.05) is 17.9 Å². The number of nitrogens with zero attached hydrogens (tertiary/aromatic N) is 1. The molecule has 0 bridgehead atoms. The number of fused-ring (bicyclic) bond motifs is 1. The predicted octanol–water partition coefficient (Wildman–Crippen LogP) is 1.11. The summed E-state index contributed by atoms with van der Waals surface area (Å²) in [6.07, 6.45) is 1.31. The molecule has 6 nitrogen and oxygen atoms in total. The fraction of sp³-hybridized carbons (Fsp3) is 0.308. The summed E-state index contributed by atoms with van der Waals surface area (Å²) in [5.74, 6) is 0.0728. The lowest BCUT2D eigenvalue weighted by Gasteiger charge is -2.21. The number of aromatic nitrogens is 2. The average molecular weight is 258 g/mol. The van der Waals surface area contributed by atoms with Crippen molar-refractivity contribution in [2.75, 3.05) is 0 Å². The molecule has 2 heterocycles. The number of aromatic amines is 2. The van der Waals surface area contributed by atoms with Crippen molar-refractivity contribution >= 4 is 22.7 Å². The third kappa shape index (κ3) is 2.05. The molecule has 1 unspecified atom stereocenters. The van der Waals surface area contributed by atoms with Crippen LogP contribution in [0.4, 0.5) is 0 Å².